The van der Waals surface area contributed by atoms with Gasteiger partial charge in [-0.25, -0.2) is 14.3 Å². The molecule has 108 valence electrons. The van der Waals surface area contributed by atoms with E-state index < -0.39 is 5.97 Å². The molecule has 0 unspecified atom stereocenters. The zero-order valence-electron chi connectivity index (χ0n) is 11.0. The van der Waals surface area contributed by atoms with Gasteiger partial charge in [-0.1, -0.05) is 5.21 Å². The van der Waals surface area contributed by atoms with Gasteiger partial charge in [-0.15, -0.1) is 17.4 Å². The van der Waals surface area contributed by atoms with Crippen LogP contribution >= 0.6 is 0 Å². The van der Waals surface area contributed by atoms with E-state index in [-0.39, 0.29) is 11.7 Å². The first-order chi connectivity index (χ1) is 9.63. The number of carbonyl (C=O) groups is 2. The van der Waals surface area contributed by atoms with E-state index >= 15 is 0 Å². The molecule has 0 aliphatic heterocycles. The number of hydrogen-bond donors (Lipinski definition) is 3. The maximum Gasteiger partial charge on any atom is 0.358 e. The van der Waals surface area contributed by atoms with Crippen LogP contribution in [0.2, 0.25) is 0 Å². The lowest BCUT2D eigenvalue weighted by atomic mass is 10.2. The molecule has 0 spiro atoms. The summed E-state index contributed by atoms with van der Waals surface area (Å²) in [7, 11) is 0. The SMILES string of the molecule is C#CCCCCNC(=O)NCCn1cc(C(=O)O)nn1. The smallest absolute Gasteiger partial charge is 0.358 e. The number of terminal acetylenes is 1. The van der Waals surface area contributed by atoms with Crippen molar-refractivity contribution in [1.29, 1.82) is 0 Å². The van der Waals surface area contributed by atoms with Crippen LogP contribution in [0.1, 0.15) is 29.8 Å². The average molecular weight is 279 g/mol. The molecular formula is C12H17N5O3. The van der Waals surface area contributed by atoms with Crippen LogP contribution in [0, 0.1) is 12.3 Å². The number of aromatic nitrogens is 3. The predicted octanol–water partition coefficient (Wildman–Crippen LogP) is 0.0790. The first kappa shape index (κ1) is 15.5. The highest BCUT2D eigenvalue weighted by Gasteiger charge is 2.07. The lowest BCUT2D eigenvalue weighted by molar-refractivity contribution is 0.0690. The summed E-state index contributed by atoms with van der Waals surface area (Å²) in [6.07, 6.45) is 8.85. The zero-order chi connectivity index (χ0) is 14.8. The van der Waals surface area contributed by atoms with Gasteiger partial charge in [0.15, 0.2) is 5.69 Å². The quantitative estimate of drug-likeness (QED) is 0.461. The summed E-state index contributed by atoms with van der Waals surface area (Å²) in [5.41, 5.74) is -0.122. The van der Waals surface area contributed by atoms with Crippen LogP contribution in [-0.2, 0) is 6.54 Å². The second-order valence-electron chi connectivity index (χ2n) is 4.02. The van der Waals surface area contributed by atoms with Crippen molar-refractivity contribution in [2.75, 3.05) is 13.1 Å². The van der Waals surface area contributed by atoms with Gasteiger partial charge in [0, 0.05) is 19.5 Å². The summed E-state index contributed by atoms with van der Waals surface area (Å²) in [5.74, 6) is 1.40. The highest BCUT2D eigenvalue weighted by Crippen LogP contribution is 1.92. The third kappa shape index (κ3) is 5.86. The van der Waals surface area contributed by atoms with Crippen molar-refractivity contribution >= 4 is 12.0 Å². The molecule has 1 rings (SSSR count). The number of unbranched alkanes of at least 4 members (excludes halogenated alkanes) is 2. The summed E-state index contributed by atoms with van der Waals surface area (Å²) in [6, 6.07) is -0.274. The van der Waals surface area contributed by atoms with E-state index in [1.807, 2.05) is 0 Å². The van der Waals surface area contributed by atoms with E-state index in [1.165, 1.54) is 10.9 Å². The number of nitrogens with zero attached hydrogens (tertiary/aromatic N) is 3. The number of hydrogen-bond acceptors (Lipinski definition) is 4. The molecule has 2 amide bonds. The monoisotopic (exact) mass is 279 g/mol. The molecule has 0 bridgehead atoms. The topological polar surface area (TPSA) is 109 Å². The van der Waals surface area contributed by atoms with Crippen molar-refractivity contribution in [2.45, 2.75) is 25.8 Å². The summed E-state index contributed by atoms with van der Waals surface area (Å²) in [6.45, 7) is 1.25. The number of rotatable bonds is 8. The number of carboxylic acid groups (broad SMARTS) is 1. The standard InChI is InChI=1S/C12H17N5O3/c1-2-3-4-5-6-13-12(20)14-7-8-17-9-10(11(18)19)15-16-17/h1,9H,3-8H2,(H,18,19)(H2,13,14,20). The van der Waals surface area contributed by atoms with Crippen molar-refractivity contribution in [1.82, 2.24) is 25.6 Å². The Morgan fingerprint density at radius 2 is 2.10 bits per heavy atom. The molecule has 0 fully saturated rings. The fourth-order valence-corrected chi connectivity index (χ4v) is 1.41. The van der Waals surface area contributed by atoms with Crippen molar-refractivity contribution in [2.24, 2.45) is 0 Å². The number of carboxylic acids is 1. The highest BCUT2D eigenvalue weighted by atomic mass is 16.4. The summed E-state index contributed by atoms with van der Waals surface area (Å²) in [4.78, 5) is 22.0. The van der Waals surface area contributed by atoms with Crippen LogP contribution < -0.4 is 10.6 Å². The summed E-state index contributed by atoms with van der Waals surface area (Å²) >= 11 is 0. The lowest BCUT2D eigenvalue weighted by Gasteiger charge is -2.06. The van der Waals surface area contributed by atoms with Crippen LogP contribution in [0.15, 0.2) is 6.20 Å². The molecule has 0 aliphatic rings. The Morgan fingerprint density at radius 1 is 1.35 bits per heavy atom. The normalized spacial score (nSPS) is 9.75. The van der Waals surface area contributed by atoms with Crippen LogP contribution in [0.5, 0.6) is 0 Å². The van der Waals surface area contributed by atoms with Crippen LogP contribution in [0.25, 0.3) is 0 Å². The van der Waals surface area contributed by atoms with Gasteiger partial charge >= 0.3 is 12.0 Å². The van der Waals surface area contributed by atoms with E-state index in [1.54, 1.807) is 0 Å². The van der Waals surface area contributed by atoms with Crippen molar-refractivity contribution in [3.8, 4) is 12.3 Å². The molecule has 1 aromatic rings. The first-order valence-corrected chi connectivity index (χ1v) is 6.22. The Balaban J connectivity index is 2.12. The Kier molecular flexibility index (Phi) is 6.61. The molecule has 1 aromatic heterocycles. The fraction of sp³-hybridized carbons (Fsp3) is 0.500. The summed E-state index contributed by atoms with van der Waals surface area (Å²) < 4.78 is 1.36. The number of urea groups is 1. The van der Waals surface area contributed by atoms with E-state index in [0.717, 1.165) is 12.8 Å². The molecule has 0 saturated carbocycles. The molecule has 0 saturated heterocycles. The molecular weight excluding hydrogens is 262 g/mol. The maximum atomic E-state index is 11.4. The van der Waals surface area contributed by atoms with Gasteiger partial charge in [0.25, 0.3) is 0 Å². The second kappa shape index (κ2) is 8.53. The molecule has 8 heteroatoms. The fourth-order valence-electron chi connectivity index (χ4n) is 1.41. The number of aromatic carboxylic acids is 1. The van der Waals surface area contributed by atoms with Gasteiger partial charge in [-0.3, -0.25) is 0 Å². The van der Waals surface area contributed by atoms with Crippen LogP contribution in [0.3, 0.4) is 0 Å². The third-order valence-corrected chi connectivity index (χ3v) is 2.42. The third-order valence-electron chi connectivity index (χ3n) is 2.42. The van der Waals surface area contributed by atoms with Gasteiger partial charge in [0.1, 0.15) is 0 Å². The molecule has 0 atom stereocenters. The lowest BCUT2D eigenvalue weighted by Crippen LogP contribution is -2.37. The van der Waals surface area contributed by atoms with E-state index in [4.69, 9.17) is 11.5 Å². The zero-order valence-corrected chi connectivity index (χ0v) is 11.0. The van der Waals surface area contributed by atoms with Crippen LogP contribution in [0.4, 0.5) is 4.79 Å². The molecule has 20 heavy (non-hydrogen) atoms. The van der Waals surface area contributed by atoms with E-state index in [0.29, 0.717) is 26.1 Å². The second-order valence-corrected chi connectivity index (χ2v) is 4.02. The molecule has 3 N–H and O–H groups in total. The van der Waals surface area contributed by atoms with Crippen molar-refractivity contribution in [3.63, 3.8) is 0 Å². The molecule has 1 heterocycles. The number of amides is 2. The van der Waals surface area contributed by atoms with E-state index in [2.05, 4.69) is 26.9 Å². The van der Waals surface area contributed by atoms with Crippen molar-refractivity contribution in [3.05, 3.63) is 11.9 Å². The highest BCUT2D eigenvalue weighted by molar-refractivity contribution is 5.84. The first-order valence-electron chi connectivity index (χ1n) is 6.22. The van der Waals surface area contributed by atoms with Crippen molar-refractivity contribution < 1.29 is 14.7 Å². The molecule has 0 aliphatic carbocycles. The Hall–Kier alpha value is -2.56. The van der Waals surface area contributed by atoms with Gasteiger partial charge in [-0.05, 0) is 12.8 Å². The minimum Gasteiger partial charge on any atom is -0.476 e. The maximum absolute atomic E-state index is 11.4. The van der Waals surface area contributed by atoms with Gasteiger partial charge in [-0.2, -0.15) is 0 Å². The van der Waals surface area contributed by atoms with E-state index in [9.17, 15) is 9.59 Å². The largest absolute Gasteiger partial charge is 0.476 e. The molecule has 0 aromatic carbocycles. The van der Waals surface area contributed by atoms with Gasteiger partial charge < -0.3 is 15.7 Å². The Labute approximate surface area is 116 Å². The van der Waals surface area contributed by atoms with Gasteiger partial charge in [0.2, 0.25) is 0 Å². The van der Waals surface area contributed by atoms with Gasteiger partial charge in [0.05, 0.1) is 12.7 Å². The predicted molar refractivity (Wildman–Crippen MR) is 71.1 cm³/mol. The number of nitrogens with one attached hydrogen (secondary N) is 2. The molecule has 0 radical (unpaired) electrons. The Bertz CT molecular complexity index is 492. The molecule has 8 nitrogen and oxygen atoms in total. The Morgan fingerprint density at radius 3 is 2.75 bits per heavy atom. The summed E-state index contributed by atoms with van der Waals surface area (Å²) in [5, 5.41) is 21.1. The minimum absolute atomic E-state index is 0.122. The average Bonchev–Trinajstić information content (AvgIpc) is 2.87. The minimum atomic E-state index is -1.13. The number of carbonyl (C=O) groups excluding carboxylic acids is 1. The van der Waals surface area contributed by atoms with Crippen LogP contribution in [-0.4, -0.2) is 45.2 Å².